The molecule has 11 heteroatoms. The highest BCUT2D eigenvalue weighted by molar-refractivity contribution is 6.46. The van der Waals surface area contributed by atoms with Crippen LogP contribution in [-0.4, -0.2) is 35.9 Å². The SMILES string of the molecule is COc1ccc(C2/C(=C(\O)c3cc(Cl)cc(Cl)c3OC)C(=O)C(=O)N2Cc2cccc(C(F)(F)F)c2)cc1. The Hall–Kier alpha value is -3.69. The second kappa shape index (κ2) is 10.6. The molecular formula is C27H20Cl2F3NO5. The predicted octanol–water partition coefficient (Wildman–Crippen LogP) is 6.65. The molecular weight excluding hydrogens is 546 g/mol. The van der Waals surface area contributed by atoms with Crippen LogP contribution in [0, 0.1) is 0 Å². The normalized spacial score (nSPS) is 17.1. The van der Waals surface area contributed by atoms with Crippen molar-refractivity contribution in [1.82, 2.24) is 4.90 Å². The summed E-state index contributed by atoms with van der Waals surface area (Å²) in [6.45, 7) is -0.338. The summed E-state index contributed by atoms with van der Waals surface area (Å²) >= 11 is 12.3. The van der Waals surface area contributed by atoms with Crippen LogP contribution in [0.3, 0.4) is 0 Å². The topological polar surface area (TPSA) is 76.1 Å². The summed E-state index contributed by atoms with van der Waals surface area (Å²) in [7, 11) is 2.77. The monoisotopic (exact) mass is 565 g/mol. The molecule has 0 bridgehead atoms. The summed E-state index contributed by atoms with van der Waals surface area (Å²) < 4.78 is 50.4. The fourth-order valence-corrected chi connectivity index (χ4v) is 4.88. The Morgan fingerprint density at radius 3 is 2.29 bits per heavy atom. The number of ketones is 1. The molecule has 1 fully saturated rings. The lowest BCUT2D eigenvalue weighted by Crippen LogP contribution is -2.29. The van der Waals surface area contributed by atoms with Crippen molar-refractivity contribution < 1.29 is 37.3 Å². The molecule has 0 aliphatic carbocycles. The van der Waals surface area contributed by atoms with E-state index in [4.69, 9.17) is 32.7 Å². The van der Waals surface area contributed by atoms with Gasteiger partial charge in [0.1, 0.15) is 17.3 Å². The molecule has 0 spiro atoms. The fourth-order valence-electron chi connectivity index (χ4n) is 4.31. The molecule has 1 saturated heterocycles. The molecule has 1 aliphatic rings. The van der Waals surface area contributed by atoms with E-state index in [2.05, 4.69) is 0 Å². The Morgan fingerprint density at radius 2 is 1.68 bits per heavy atom. The zero-order valence-electron chi connectivity index (χ0n) is 20.0. The van der Waals surface area contributed by atoms with E-state index >= 15 is 0 Å². The number of methoxy groups -OCH3 is 2. The van der Waals surface area contributed by atoms with Crippen molar-refractivity contribution in [3.8, 4) is 11.5 Å². The number of aliphatic hydroxyl groups is 1. The maximum atomic E-state index is 13.3. The molecule has 3 aromatic rings. The van der Waals surface area contributed by atoms with Crippen LogP contribution in [0.15, 0.2) is 66.2 Å². The summed E-state index contributed by atoms with van der Waals surface area (Å²) in [6, 6.07) is 12.4. The standard InChI is InChI=1S/C27H20Cl2F3NO5/c1-37-18-8-6-15(7-9-18)22-21(23(34)19-11-17(28)12-20(29)25(19)38-2)24(35)26(36)33(22)13-14-4-3-5-16(10-14)27(30,31)32/h3-12,22,34H,13H2,1-2H3/b23-21+. The lowest BCUT2D eigenvalue weighted by atomic mass is 9.94. The molecule has 1 aliphatic heterocycles. The molecule has 1 unspecified atom stereocenters. The number of carbonyl (C=O) groups excluding carboxylic acids is 2. The van der Waals surface area contributed by atoms with Crippen LogP contribution in [0.5, 0.6) is 11.5 Å². The van der Waals surface area contributed by atoms with E-state index in [-0.39, 0.29) is 39.0 Å². The Balaban J connectivity index is 1.90. The van der Waals surface area contributed by atoms with E-state index in [1.807, 2.05) is 0 Å². The van der Waals surface area contributed by atoms with E-state index < -0.39 is 35.2 Å². The second-order valence-electron chi connectivity index (χ2n) is 8.37. The summed E-state index contributed by atoms with van der Waals surface area (Å²) in [5, 5.41) is 11.5. The number of halogens is 5. The molecule has 1 N–H and O–H groups in total. The molecule has 198 valence electrons. The van der Waals surface area contributed by atoms with Gasteiger partial charge in [-0.25, -0.2) is 0 Å². The lowest BCUT2D eigenvalue weighted by Gasteiger charge is -2.26. The highest BCUT2D eigenvalue weighted by Gasteiger charge is 2.46. The number of nitrogens with zero attached hydrogens (tertiary/aromatic N) is 1. The molecule has 0 radical (unpaired) electrons. The van der Waals surface area contributed by atoms with Gasteiger partial charge in [-0.1, -0.05) is 47.5 Å². The van der Waals surface area contributed by atoms with Gasteiger partial charge < -0.3 is 19.5 Å². The molecule has 1 atom stereocenters. The number of aliphatic hydroxyl groups excluding tert-OH is 1. The van der Waals surface area contributed by atoms with E-state index in [1.165, 1.54) is 38.5 Å². The summed E-state index contributed by atoms with van der Waals surface area (Å²) in [5.74, 6) is -2.12. The van der Waals surface area contributed by atoms with Gasteiger partial charge in [0.15, 0.2) is 0 Å². The summed E-state index contributed by atoms with van der Waals surface area (Å²) in [4.78, 5) is 27.6. The highest BCUT2D eigenvalue weighted by Crippen LogP contribution is 2.44. The first-order valence-corrected chi connectivity index (χ1v) is 11.8. The van der Waals surface area contributed by atoms with Gasteiger partial charge in [-0.2, -0.15) is 13.2 Å². The third-order valence-electron chi connectivity index (χ3n) is 6.05. The van der Waals surface area contributed by atoms with Gasteiger partial charge >= 0.3 is 6.18 Å². The molecule has 6 nitrogen and oxygen atoms in total. The molecule has 0 saturated carbocycles. The van der Waals surface area contributed by atoms with Gasteiger partial charge in [-0.05, 0) is 47.5 Å². The van der Waals surface area contributed by atoms with Crippen molar-refractivity contribution in [2.45, 2.75) is 18.8 Å². The van der Waals surface area contributed by atoms with Crippen molar-refractivity contribution >= 4 is 40.7 Å². The van der Waals surface area contributed by atoms with Gasteiger partial charge in [0, 0.05) is 11.6 Å². The van der Waals surface area contributed by atoms with Crippen molar-refractivity contribution in [2.75, 3.05) is 14.2 Å². The number of rotatable bonds is 6. The van der Waals surface area contributed by atoms with Gasteiger partial charge in [-0.15, -0.1) is 0 Å². The number of hydrogen-bond donors (Lipinski definition) is 1. The molecule has 1 heterocycles. The number of amides is 1. The van der Waals surface area contributed by atoms with E-state index in [0.29, 0.717) is 11.3 Å². The van der Waals surface area contributed by atoms with Crippen LogP contribution in [0.1, 0.15) is 28.3 Å². The third-order valence-corrected chi connectivity index (χ3v) is 6.55. The maximum absolute atomic E-state index is 13.3. The van der Waals surface area contributed by atoms with Crippen LogP contribution in [-0.2, 0) is 22.3 Å². The average Bonchev–Trinajstić information content (AvgIpc) is 3.12. The second-order valence-corrected chi connectivity index (χ2v) is 9.21. The predicted molar refractivity (Wildman–Crippen MR) is 135 cm³/mol. The van der Waals surface area contributed by atoms with Crippen LogP contribution in [0.4, 0.5) is 13.2 Å². The first kappa shape index (κ1) is 27.3. The lowest BCUT2D eigenvalue weighted by molar-refractivity contribution is -0.140. The number of ether oxygens (including phenoxy) is 2. The number of benzene rings is 3. The first-order valence-electron chi connectivity index (χ1n) is 11.1. The quantitative estimate of drug-likeness (QED) is 0.206. The molecule has 4 rings (SSSR count). The Bertz CT molecular complexity index is 1440. The minimum Gasteiger partial charge on any atom is -0.507 e. The maximum Gasteiger partial charge on any atom is 0.416 e. The largest absolute Gasteiger partial charge is 0.507 e. The summed E-state index contributed by atoms with van der Waals surface area (Å²) in [6.07, 6.45) is -4.60. The number of hydrogen-bond acceptors (Lipinski definition) is 5. The van der Waals surface area contributed by atoms with Gasteiger partial charge in [0.25, 0.3) is 11.7 Å². The Kier molecular flexibility index (Phi) is 7.62. The van der Waals surface area contributed by atoms with Crippen LogP contribution >= 0.6 is 23.2 Å². The Morgan fingerprint density at radius 1 is 1.00 bits per heavy atom. The zero-order valence-corrected chi connectivity index (χ0v) is 21.5. The summed E-state index contributed by atoms with van der Waals surface area (Å²) in [5.41, 5.74) is -0.676. The van der Waals surface area contributed by atoms with E-state index in [1.54, 1.807) is 24.3 Å². The number of likely N-dealkylation sites (tertiary alicyclic amines) is 1. The van der Waals surface area contributed by atoms with E-state index in [9.17, 15) is 27.9 Å². The van der Waals surface area contributed by atoms with Crippen molar-refractivity contribution in [2.24, 2.45) is 0 Å². The number of Topliss-reactive ketones (excluding diaryl/α,β-unsaturated/α-hetero) is 1. The molecule has 38 heavy (non-hydrogen) atoms. The van der Waals surface area contributed by atoms with Crippen LogP contribution in [0.25, 0.3) is 5.76 Å². The van der Waals surface area contributed by atoms with Gasteiger partial charge in [0.05, 0.1) is 42.0 Å². The molecule has 3 aromatic carbocycles. The minimum absolute atomic E-state index is 0.0196. The van der Waals surface area contributed by atoms with E-state index in [0.717, 1.165) is 17.0 Å². The smallest absolute Gasteiger partial charge is 0.416 e. The van der Waals surface area contributed by atoms with Crippen LogP contribution < -0.4 is 9.47 Å². The number of alkyl halides is 3. The molecule has 1 amide bonds. The molecule has 0 aromatic heterocycles. The third kappa shape index (κ3) is 5.16. The van der Waals surface area contributed by atoms with Crippen molar-refractivity contribution in [3.05, 3.63) is 98.5 Å². The van der Waals surface area contributed by atoms with Gasteiger partial charge in [0.2, 0.25) is 0 Å². The van der Waals surface area contributed by atoms with Crippen molar-refractivity contribution in [3.63, 3.8) is 0 Å². The Labute approximate surface area is 225 Å². The zero-order chi connectivity index (χ0) is 27.8. The van der Waals surface area contributed by atoms with Crippen LogP contribution in [0.2, 0.25) is 10.0 Å². The fraction of sp³-hybridized carbons (Fsp3) is 0.185. The van der Waals surface area contributed by atoms with Gasteiger partial charge in [-0.3, -0.25) is 9.59 Å². The number of carbonyl (C=O) groups is 2. The average molecular weight is 566 g/mol. The minimum atomic E-state index is -4.60. The first-order chi connectivity index (χ1) is 18.0. The highest BCUT2D eigenvalue weighted by atomic mass is 35.5. The van der Waals surface area contributed by atoms with Crippen molar-refractivity contribution in [1.29, 1.82) is 0 Å².